The van der Waals surface area contributed by atoms with Crippen LogP contribution in [0.1, 0.15) is 45.7 Å². The highest BCUT2D eigenvalue weighted by Crippen LogP contribution is 2.48. The van der Waals surface area contributed by atoms with Gasteiger partial charge in [0.2, 0.25) is 5.88 Å². The SMILES string of the molecule is COc1cc(C#N)ccc1COc1cccc(-c2cc(F)c(Cc3nc4ccc(C(=O)O)cc4n3CC3(CF)CC3)cc2F)n1. The lowest BCUT2D eigenvalue weighted by Crippen LogP contribution is -2.16. The molecule has 6 rings (SSSR count). The smallest absolute Gasteiger partial charge is 0.335 e. The fourth-order valence-electron chi connectivity index (χ4n) is 5.28. The number of methoxy groups -OCH3 is 1. The van der Waals surface area contributed by atoms with E-state index in [2.05, 4.69) is 9.97 Å². The number of imidazole rings is 1. The number of nitriles is 1. The topological polar surface area (TPSA) is 110 Å². The average molecular weight is 613 g/mol. The molecule has 0 spiro atoms. The van der Waals surface area contributed by atoms with Gasteiger partial charge >= 0.3 is 5.97 Å². The highest BCUT2D eigenvalue weighted by molar-refractivity contribution is 5.92. The zero-order valence-electron chi connectivity index (χ0n) is 24.2. The summed E-state index contributed by atoms with van der Waals surface area (Å²) in [5, 5.41) is 18.6. The number of carboxylic acids is 1. The molecule has 1 saturated carbocycles. The number of alkyl halides is 1. The normalized spacial score (nSPS) is 13.4. The van der Waals surface area contributed by atoms with Crippen LogP contribution in [0, 0.1) is 28.4 Å². The molecule has 1 fully saturated rings. The van der Waals surface area contributed by atoms with Crippen LogP contribution in [0.5, 0.6) is 11.6 Å². The number of aromatic nitrogens is 3. The van der Waals surface area contributed by atoms with E-state index in [9.17, 15) is 14.3 Å². The van der Waals surface area contributed by atoms with E-state index in [0.29, 0.717) is 46.6 Å². The molecule has 0 bridgehead atoms. The Morgan fingerprint density at radius 2 is 1.87 bits per heavy atom. The molecule has 11 heteroatoms. The van der Waals surface area contributed by atoms with Crippen molar-refractivity contribution in [2.24, 2.45) is 5.41 Å². The molecule has 0 atom stereocenters. The van der Waals surface area contributed by atoms with E-state index in [0.717, 1.165) is 12.1 Å². The van der Waals surface area contributed by atoms with Gasteiger partial charge in [-0.25, -0.2) is 23.5 Å². The van der Waals surface area contributed by atoms with Crippen molar-refractivity contribution in [2.45, 2.75) is 32.4 Å². The number of fused-ring (bicyclic) bond motifs is 1. The third-order valence-corrected chi connectivity index (χ3v) is 8.08. The molecule has 45 heavy (non-hydrogen) atoms. The van der Waals surface area contributed by atoms with Crippen molar-refractivity contribution in [3.05, 3.63) is 106 Å². The Morgan fingerprint density at radius 3 is 2.58 bits per heavy atom. The van der Waals surface area contributed by atoms with Crippen molar-refractivity contribution in [2.75, 3.05) is 13.8 Å². The largest absolute Gasteiger partial charge is 0.496 e. The second-order valence-corrected chi connectivity index (χ2v) is 11.1. The minimum Gasteiger partial charge on any atom is -0.496 e. The predicted octanol–water partition coefficient (Wildman–Crippen LogP) is 6.87. The van der Waals surface area contributed by atoms with Crippen LogP contribution in [0.25, 0.3) is 22.3 Å². The van der Waals surface area contributed by atoms with Gasteiger partial charge in [-0.2, -0.15) is 5.26 Å². The first-order chi connectivity index (χ1) is 21.7. The molecule has 0 saturated heterocycles. The maximum atomic E-state index is 15.6. The first-order valence-electron chi connectivity index (χ1n) is 14.2. The van der Waals surface area contributed by atoms with Crippen LogP contribution < -0.4 is 9.47 Å². The molecule has 0 unspecified atom stereocenters. The van der Waals surface area contributed by atoms with E-state index < -0.39 is 29.7 Å². The van der Waals surface area contributed by atoms with E-state index >= 15 is 8.78 Å². The first kappa shape index (κ1) is 29.7. The maximum absolute atomic E-state index is 15.6. The minimum atomic E-state index is -1.11. The summed E-state index contributed by atoms with van der Waals surface area (Å²) < 4.78 is 57.8. The third kappa shape index (κ3) is 6.04. The van der Waals surface area contributed by atoms with Crippen LogP contribution in [-0.2, 0) is 19.6 Å². The number of aromatic carboxylic acids is 1. The van der Waals surface area contributed by atoms with Crippen molar-refractivity contribution in [1.29, 1.82) is 5.26 Å². The number of carboxylic acid groups (broad SMARTS) is 1. The standard InChI is InChI=1S/C34H27F3N4O4/c1-44-30-11-20(16-38)5-6-22(30)17-45-32-4-2-3-27(40-32)24-15-25(36)23(12-26(24)37)14-31-39-28-8-7-21(33(42)43)13-29(28)41(31)19-34(18-35)9-10-34/h2-8,11-13,15H,9-10,14,17-19H2,1H3,(H,42,43). The van der Waals surface area contributed by atoms with Crippen LogP contribution in [0.2, 0.25) is 0 Å². The molecule has 0 amide bonds. The summed E-state index contributed by atoms with van der Waals surface area (Å²) in [5.41, 5.74) is 1.72. The van der Waals surface area contributed by atoms with Crippen LogP contribution >= 0.6 is 0 Å². The van der Waals surface area contributed by atoms with Crippen molar-refractivity contribution < 1.29 is 32.5 Å². The van der Waals surface area contributed by atoms with Gasteiger partial charge in [-0.15, -0.1) is 0 Å². The van der Waals surface area contributed by atoms with Crippen LogP contribution in [0.15, 0.2) is 66.7 Å². The van der Waals surface area contributed by atoms with Gasteiger partial charge in [0.15, 0.2) is 0 Å². The molecule has 0 aliphatic heterocycles. The molecule has 5 aromatic rings. The van der Waals surface area contributed by atoms with Crippen LogP contribution in [-0.4, -0.2) is 39.4 Å². The van der Waals surface area contributed by atoms with Gasteiger partial charge in [0.05, 0.1) is 47.7 Å². The molecule has 8 nitrogen and oxygen atoms in total. The Hall–Kier alpha value is -5.37. The number of pyridine rings is 1. The Kier molecular flexibility index (Phi) is 7.89. The summed E-state index contributed by atoms with van der Waals surface area (Å²) in [6.07, 6.45) is 1.26. The quantitative estimate of drug-likeness (QED) is 0.173. The van der Waals surface area contributed by atoms with Gasteiger partial charge < -0.3 is 19.1 Å². The molecular weight excluding hydrogens is 585 g/mol. The van der Waals surface area contributed by atoms with Crippen molar-refractivity contribution in [1.82, 2.24) is 14.5 Å². The fourth-order valence-corrected chi connectivity index (χ4v) is 5.28. The molecule has 3 aromatic carbocycles. The fraction of sp³-hybridized carbons (Fsp3) is 0.235. The minimum absolute atomic E-state index is 0.0386. The first-order valence-corrected chi connectivity index (χ1v) is 14.2. The maximum Gasteiger partial charge on any atom is 0.335 e. The highest BCUT2D eigenvalue weighted by atomic mass is 19.1. The summed E-state index contributed by atoms with van der Waals surface area (Å²) in [7, 11) is 1.48. The van der Waals surface area contributed by atoms with E-state index in [1.807, 2.05) is 6.07 Å². The molecule has 1 aliphatic carbocycles. The highest BCUT2D eigenvalue weighted by Gasteiger charge is 2.44. The monoisotopic (exact) mass is 612 g/mol. The predicted molar refractivity (Wildman–Crippen MR) is 159 cm³/mol. The Balaban J connectivity index is 1.27. The van der Waals surface area contributed by atoms with Crippen LogP contribution in [0.4, 0.5) is 13.2 Å². The molecule has 2 aromatic heterocycles. The Bertz CT molecular complexity index is 1980. The summed E-state index contributed by atoms with van der Waals surface area (Å²) in [6.45, 7) is -0.218. The van der Waals surface area contributed by atoms with Gasteiger partial charge in [-0.05, 0) is 66.9 Å². The molecule has 2 heterocycles. The molecule has 0 radical (unpaired) electrons. The summed E-state index contributed by atoms with van der Waals surface area (Å²) in [4.78, 5) is 20.6. The Labute approximate surface area is 256 Å². The Morgan fingerprint density at radius 1 is 1.04 bits per heavy atom. The number of nitrogens with zero attached hydrogens (tertiary/aromatic N) is 4. The van der Waals surface area contributed by atoms with Gasteiger partial charge in [0, 0.05) is 35.6 Å². The van der Waals surface area contributed by atoms with E-state index in [1.54, 1.807) is 41.0 Å². The lowest BCUT2D eigenvalue weighted by molar-refractivity contribution is 0.0697. The van der Waals surface area contributed by atoms with E-state index in [-0.39, 0.29) is 47.8 Å². The van der Waals surface area contributed by atoms with Gasteiger partial charge in [0.25, 0.3) is 0 Å². The number of halogens is 3. The number of rotatable bonds is 11. The molecule has 1 aliphatic rings. The van der Waals surface area contributed by atoms with Gasteiger partial charge in [-0.3, -0.25) is 4.39 Å². The summed E-state index contributed by atoms with van der Waals surface area (Å²) >= 11 is 0. The van der Waals surface area contributed by atoms with E-state index in [4.69, 9.17) is 14.7 Å². The lowest BCUT2D eigenvalue weighted by Gasteiger charge is -2.16. The van der Waals surface area contributed by atoms with Gasteiger partial charge in [0.1, 0.15) is 29.8 Å². The number of hydrogen-bond acceptors (Lipinski definition) is 6. The van der Waals surface area contributed by atoms with E-state index in [1.165, 1.54) is 25.3 Å². The number of carbonyl (C=O) groups is 1. The molecular formula is C34H27F3N4O4. The van der Waals surface area contributed by atoms with Crippen molar-refractivity contribution >= 4 is 17.0 Å². The van der Waals surface area contributed by atoms with Crippen molar-refractivity contribution in [3.63, 3.8) is 0 Å². The number of ether oxygens (including phenoxy) is 2. The third-order valence-electron chi connectivity index (χ3n) is 8.08. The molecule has 228 valence electrons. The second kappa shape index (κ2) is 12.0. The number of benzene rings is 3. The average Bonchev–Trinajstić information content (AvgIpc) is 3.76. The van der Waals surface area contributed by atoms with Crippen LogP contribution in [0.3, 0.4) is 0 Å². The lowest BCUT2D eigenvalue weighted by atomic mass is 10.0. The molecule has 1 N–H and O–H groups in total. The summed E-state index contributed by atoms with van der Waals surface area (Å²) in [5.74, 6) is -1.47. The second-order valence-electron chi connectivity index (χ2n) is 11.1. The van der Waals surface area contributed by atoms with Gasteiger partial charge in [-0.1, -0.05) is 12.1 Å². The zero-order valence-corrected chi connectivity index (χ0v) is 24.2. The zero-order chi connectivity index (χ0) is 31.7. The number of hydrogen-bond donors (Lipinski definition) is 1. The van der Waals surface area contributed by atoms with Crippen molar-refractivity contribution in [3.8, 4) is 29.0 Å². The summed E-state index contributed by atoms with van der Waals surface area (Å²) in [6, 6.07) is 18.3.